The first kappa shape index (κ1) is 17.4. The van der Waals surface area contributed by atoms with Crippen LogP contribution in [0.4, 0.5) is 4.79 Å². The highest BCUT2D eigenvalue weighted by Crippen LogP contribution is 2.28. The van der Waals surface area contributed by atoms with E-state index in [0.717, 1.165) is 25.9 Å². The Morgan fingerprint density at radius 3 is 2.72 bits per heavy atom. The third kappa shape index (κ3) is 4.35. The van der Waals surface area contributed by atoms with Gasteiger partial charge in [0.1, 0.15) is 6.10 Å². The molecule has 7 heteroatoms. The molecule has 2 aliphatic rings. The first-order valence-electron chi connectivity index (χ1n) is 8.77. The zero-order valence-corrected chi connectivity index (χ0v) is 14.6. The molecule has 1 aromatic rings. The molecule has 2 fully saturated rings. The van der Waals surface area contributed by atoms with Crippen molar-refractivity contribution in [3.05, 3.63) is 24.3 Å². The summed E-state index contributed by atoms with van der Waals surface area (Å²) >= 11 is 0. The molecule has 0 bridgehead atoms. The number of amides is 3. The van der Waals surface area contributed by atoms with E-state index in [0.29, 0.717) is 37.6 Å². The van der Waals surface area contributed by atoms with Gasteiger partial charge in [-0.1, -0.05) is 12.1 Å². The highest BCUT2D eigenvalue weighted by molar-refractivity contribution is 5.78. The number of rotatable bonds is 7. The van der Waals surface area contributed by atoms with Crippen LogP contribution in [0.2, 0.25) is 0 Å². The Kier molecular flexibility index (Phi) is 5.63. The summed E-state index contributed by atoms with van der Waals surface area (Å²) in [5.41, 5.74) is 0. The van der Waals surface area contributed by atoms with E-state index in [1.165, 1.54) is 0 Å². The van der Waals surface area contributed by atoms with E-state index >= 15 is 0 Å². The number of likely N-dealkylation sites (tertiary alicyclic amines) is 2. The molecule has 0 aromatic heterocycles. The SMILES string of the molecule is COc1ccccc1OC1CN(C(=O)NCCCN2CCCC2=O)C1. The maximum absolute atomic E-state index is 12.1. The second kappa shape index (κ2) is 8.09. The monoisotopic (exact) mass is 347 g/mol. The summed E-state index contributed by atoms with van der Waals surface area (Å²) in [4.78, 5) is 27.2. The predicted molar refractivity (Wildman–Crippen MR) is 92.8 cm³/mol. The number of hydrogen-bond donors (Lipinski definition) is 1. The van der Waals surface area contributed by atoms with Gasteiger partial charge in [0.2, 0.25) is 5.91 Å². The number of ether oxygens (including phenoxy) is 2. The summed E-state index contributed by atoms with van der Waals surface area (Å²) in [6, 6.07) is 7.42. The molecule has 7 nitrogen and oxygen atoms in total. The van der Waals surface area contributed by atoms with Crippen LogP contribution < -0.4 is 14.8 Å². The van der Waals surface area contributed by atoms with Crippen LogP contribution >= 0.6 is 0 Å². The number of methoxy groups -OCH3 is 1. The van der Waals surface area contributed by atoms with Gasteiger partial charge in [-0.3, -0.25) is 4.79 Å². The lowest BCUT2D eigenvalue weighted by atomic mass is 10.2. The molecule has 2 heterocycles. The van der Waals surface area contributed by atoms with E-state index in [9.17, 15) is 9.59 Å². The van der Waals surface area contributed by atoms with Crippen LogP contribution in [0, 0.1) is 0 Å². The predicted octanol–water partition coefficient (Wildman–Crippen LogP) is 1.48. The number of nitrogens with zero attached hydrogens (tertiary/aromatic N) is 2. The largest absolute Gasteiger partial charge is 0.493 e. The zero-order valence-electron chi connectivity index (χ0n) is 14.6. The van der Waals surface area contributed by atoms with E-state index in [2.05, 4.69) is 5.32 Å². The third-order valence-corrected chi connectivity index (χ3v) is 4.55. The van der Waals surface area contributed by atoms with Crippen molar-refractivity contribution in [3.8, 4) is 11.5 Å². The van der Waals surface area contributed by atoms with Crippen LogP contribution in [0.15, 0.2) is 24.3 Å². The molecule has 0 spiro atoms. The molecule has 0 radical (unpaired) electrons. The minimum atomic E-state index is -0.0763. The molecule has 0 unspecified atom stereocenters. The number of carbonyl (C=O) groups excluding carboxylic acids is 2. The van der Waals surface area contributed by atoms with Crippen LogP contribution in [0.3, 0.4) is 0 Å². The smallest absolute Gasteiger partial charge is 0.317 e. The van der Waals surface area contributed by atoms with Gasteiger partial charge in [0.25, 0.3) is 0 Å². The van der Waals surface area contributed by atoms with Gasteiger partial charge in [0, 0.05) is 26.1 Å². The van der Waals surface area contributed by atoms with Gasteiger partial charge in [0.15, 0.2) is 11.5 Å². The van der Waals surface area contributed by atoms with Gasteiger partial charge in [0.05, 0.1) is 20.2 Å². The van der Waals surface area contributed by atoms with Crippen LogP contribution in [0.5, 0.6) is 11.5 Å². The van der Waals surface area contributed by atoms with Crippen molar-refractivity contribution in [2.24, 2.45) is 0 Å². The molecular formula is C18H25N3O4. The summed E-state index contributed by atoms with van der Waals surface area (Å²) in [6.45, 7) is 3.28. The summed E-state index contributed by atoms with van der Waals surface area (Å²) < 4.78 is 11.1. The van der Waals surface area contributed by atoms with Crippen molar-refractivity contribution in [1.82, 2.24) is 15.1 Å². The van der Waals surface area contributed by atoms with E-state index in [1.54, 1.807) is 12.0 Å². The molecule has 0 saturated carbocycles. The molecule has 1 N–H and O–H groups in total. The van der Waals surface area contributed by atoms with E-state index in [1.807, 2.05) is 29.2 Å². The van der Waals surface area contributed by atoms with Gasteiger partial charge in [-0.15, -0.1) is 0 Å². The highest BCUT2D eigenvalue weighted by Gasteiger charge is 2.32. The first-order valence-corrected chi connectivity index (χ1v) is 8.77. The fourth-order valence-electron chi connectivity index (χ4n) is 3.09. The second-order valence-corrected chi connectivity index (χ2v) is 6.37. The summed E-state index contributed by atoms with van der Waals surface area (Å²) in [7, 11) is 1.61. The van der Waals surface area contributed by atoms with Crippen LogP contribution in [-0.4, -0.2) is 67.7 Å². The molecule has 136 valence electrons. The molecular weight excluding hydrogens is 322 g/mol. The third-order valence-electron chi connectivity index (χ3n) is 4.55. The Labute approximate surface area is 147 Å². The van der Waals surface area contributed by atoms with Crippen molar-refractivity contribution in [2.45, 2.75) is 25.4 Å². The molecule has 0 atom stereocenters. The molecule has 2 aliphatic heterocycles. The van der Waals surface area contributed by atoms with E-state index in [-0.39, 0.29) is 18.0 Å². The standard InChI is InChI=1S/C18H25N3O4/c1-24-15-6-2-3-7-16(15)25-14-12-21(13-14)18(23)19-9-5-11-20-10-4-8-17(20)22/h2-3,6-7,14H,4-5,8-13H2,1H3,(H,19,23). The number of urea groups is 1. The lowest BCUT2D eigenvalue weighted by molar-refractivity contribution is -0.127. The molecule has 2 saturated heterocycles. The zero-order chi connectivity index (χ0) is 17.6. The van der Waals surface area contributed by atoms with Gasteiger partial charge in [-0.25, -0.2) is 4.79 Å². The van der Waals surface area contributed by atoms with Crippen LogP contribution in [0.25, 0.3) is 0 Å². The lowest BCUT2D eigenvalue weighted by Crippen LogP contribution is -2.59. The molecule has 3 amide bonds. The topological polar surface area (TPSA) is 71.1 Å². The van der Waals surface area contributed by atoms with Crippen LogP contribution in [-0.2, 0) is 4.79 Å². The van der Waals surface area contributed by atoms with Gasteiger partial charge in [-0.05, 0) is 25.0 Å². The molecule has 1 aromatic carbocycles. The quantitative estimate of drug-likeness (QED) is 0.759. The van der Waals surface area contributed by atoms with Crippen LogP contribution in [0.1, 0.15) is 19.3 Å². The number of hydrogen-bond acceptors (Lipinski definition) is 4. The summed E-state index contributed by atoms with van der Waals surface area (Å²) in [5.74, 6) is 1.62. The second-order valence-electron chi connectivity index (χ2n) is 6.37. The summed E-state index contributed by atoms with van der Waals surface area (Å²) in [5, 5.41) is 2.90. The number of carbonyl (C=O) groups is 2. The fourth-order valence-corrected chi connectivity index (χ4v) is 3.09. The van der Waals surface area contributed by atoms with Crippen molar-refractivity contribution in [1.29, 1.82) is 0 Å². The molecule has 3 rings (SSSR count). The Balaban J connectivity index is 1.32. The van der Waals surface area contributed by atoms with E-state index < -0.39 is 0 Å². The maximum atomic E-state index is 12.1. The first-order chi connectivity index (χ1) is 12.2. The number of benzene rings is 1. The number of para-hydroxylation sites is 2. The van der Waals surface area contributed by atoms with E-state index in [4.69, 9.17) is 9.47 Å². The maximum Gasteiger partial charge on any atom is 0.317 e. The lowest BCUT2D eigenvalue weighted by Gasteiger charge is -2.39. The highest BCUT2D eigenvalue weighted by atomic mass is 16.5. The molecule has 25 heavy (non-hydrogen) atoms. The Hall–Kier alpha value is -2.44. The molecule has 0 aliphatic carbocycles. The Morgan fingerprint density at radius 1 is 1.28 bits per heavy atom. The number of nitrogens with one attached hydrogen (secondary N) is 1. The van der Waals surface area contributed by atoms with Crippen molar-refractivity contribution in [2.75, 3.05) is 39.8 Å². The van der Waals surface area contributed by atoms with Gasteiger partial charge < -0.3 is 24.6 Å². The Morgan fingerprint density at radius 2 is 2.04 bits per heavy atom. The van der Waals surface area contributed by atoms with Gasteiger partial charge in [-0.2, -0.15) is 0 Å². The van der Waals surface area contributed by atoms with Crippen molar-refractivity contribution < 1.29 is 19.1 Å². The fraction of sp³-hybridized carbons (Fsp3) is 0.556. The van der Waals surface area contributed by atoms with Crippen molar-refractivity contribution >= 4 is 11.9 Å². The average Bonchev–Trinajstić information content (AvgIpc) is 2.99. The van der Waals surface area contributed by atoms with Crippen molar-refractivity contribution in [3.63, 3.8) is 0 Å². The summed E-state index contributed by atoms with van der Waals surface area (Å²) in [6.07, 6.45) is 2.39. The van der Waals surface area contributed by atoms with Gasteiger partial charge >= 0.3 is 6.03 Å². The minimum Gasteiger partial charge on any atom is -0.493 e. The minimum absolute atomic E-state index is 0.00993. The average molecular weight is 347 g/mol. The Bertz CT molecular complexity index is 616. The normalized spacial score (nSPS) is 17.4.